The van der Waals surface area contributed by atoms with Crippen LogP contribution in [-0.4, -0.2) is 158 Å². The largest absolute Gasteiger partial charge is 0.396 e. The molecule has 9 N–H and O–H groups in total. The second-order valence-electron chi connectivity index (χ2n) is 23.6. The molecule has 15 heteroatoms. The molecule has 0 bridgehead atoms. The topological polar surface area (TPSA) is 237 Å². The molecular weight excluding hydrogens is 817 g/mol. The Hall–Kier alpha value is -0.860. The summed E-state index contributed by atoms with van der Waals surface area (Å²) in [5.41, 5.74) is 0.529. The molecule has 0 aromatic rings. The molecule has 8 rings (SSSR count). The van der Waals surface area contributed by atoms with Gasteiger partial charge in [-0.1, -0.05) is 67.0 Å². The van der Waals surface area contributed by atoms with Crippen molar-refractivity contribution in [1.29, 1.82) is 0 Å². The number of rotatable bonds is 8. The Kier molecular flexibility index (Phi) is 13.1. The standard InChI is InChI=1S/C48H80O15/c1-23-21-58-42(39(32(23)52)63-41-36(56)34(54)33(53)27(20-49)60-41)62-38-24(2)59-40(37(57)35(38)55)61-31-13-14-45(7)28(44(31,5)6)12-15-46(8)29(45)11-10-25-26-18-43(3,4)16-17-48(26,22-50)30(51)19-47(25,46)9/h10,23-24,26-42,49-57H,11-22H2,1-9H3/t23-,24-,26-,27+,28-,29+,30-,31-,32-,33-,34-,35-,36+,37+,38-,39+,40-,41+,42+,45-,46+,47+,48+/m0/s1. The summed E-state index contributed by atoms with van der Waals surface area (Å²) in [7, 11) is 0. The Morgan fingerprint density at radius 1 is 0.667 bits per heavy atom. The number of ether oxygens (including phenoxy) is 6. The van der Waals surface area contributed by atoms with Crippen molar-refractivity contribution in [2.24, 2.45) is 56.2 Å². The van der Waals surface area contributed by atoms with Crippen LogP contribution in [-0.2, 0) is 28.4 Å². The fourth-order valence-electron chi connectivity index (χ4n) is 15.1. The average Bonchev–Trinajstić information content (AvgIpc) is 3.22. The van der Waals surface area contributed by atoms with Crippen molar-refractivity contribution in [3.05, 3.63) is 11.6 Å². The van der Waals surface area contributed by atoms with E-state index in [9.17, 15) is 46.0 Å². The van der Waals surface area contributed by atoms with Gasteiger partial charge < -0.3 is 74.4 Å². The van der Waals surface area contributed by atoms with Gasteiger partial charge in [0.2, 0.25) is 0 Å². The van der Waals surface area contributed by atoms with Crippen LogP contribution >= 0.6 is 0 Å². The molecule has 0 aromatic carbocycles. The maximum absolute atomic E-state index is 12.1. The third kappa shape index (κ3) is 7.56. The summed E-state index contributed by atoms with van der Waals surface area (Å²) in [6.07, 6.45) is -8.03. The van der Waals surface area contributed by atoms with Gasteiger partial charge in [-0.05, 0) is 110 Å². The first-order valence-electron chi connectivity index (χ1n) is 24.0. The maximum Gasteiger partial charge on any atom is 0.187 e. The summed E-state index contributed by atoms with van der Waals surface area (Å²) in [6.45, 7) is 19.4. The fraction of sp³-hybridized carbons (Fsp3) is 0.958. The van der Waals surface area contributed by atoms with E-state index in [-0.39, 0.29) is 58.2 Å². The minimum Gasteiger partial charge on any atom is -0.396 e. The van der Waals surface area contributed by atoms with Gasteiger partial charge in [0, 0.05) is 11.3 Å². The highest BCUT2D eigenvalue weighted by Gasteiger charge is 2.70. The van der Waals surface area contributed by atoms with Gasteiger partial charge in [0.25, 0.3) is 0 Å². The Bertz CT molecular complexity index is 1670. The summed E-state index contributed by atoms with van der Waals surface area (Å²) in [6, 6.07) is 0. The Morgan fingerprint density at radius 3 is 2.02 bits per heavy atom. The Labute approximate surface area is 373 Å². The Balaban J connectivity index is 0.958. The Morgan fingerprint density at radius 2 is 1.33 bits per heavy atom. The van der Waals surface area contributed by atoms with Crippen molar-refractivity contribution >= 4 is 0 Å². The van der Waals surface area contributed by atoms with Crippen LogP contribution in [0.4, 0.5) is 0 Å². The van der Waals surface area contributed by atoms with Crippen LogP contribution in [0.5, 0.6) is 0 Å². The molecule has 7 fully saturated rings. The van der Waals surface area contributed by atoms with Crippen molar-refractivity contribution in [2.75, 3.05) is 19.8 Å². The fourth-order valence-corrected chi connectivity index (χ4v) is 15.1. The van der Waals surface area contributed by atoms with Crippen LogP contribution in [0.3, 0.4) is 0 Å². The minimum absolute atomic E-state index is 0.0170. The summed E-state index contributed by atoms with van der Waals surface area (Å²) >= 11 is 0. The molecule has 0 spiro atoms. The second-order valence-corrected chi connectivity index (χ2v) is 23.6. The van der Waals surface area contributed by atoms with Gasteiger partial charge in [-0.25, -0.2) is 0 Å². The molecule has 3 saturated heterocycles. The van der Waals surface area contributed by atoms with Crippen LogP contribution in [0.15, 0.2) is 11.6 Å². The maximum atomic E-state index is 12.1. The molecule has 5 aliphatic carbocycles. The zero-order valence-electron chi connectivity index (χ0n) is 39.0. The van der Waals surface area contributed by atoms with Crippen molar-refractivity contribution in [2.45, 2.75) is 212 Å². The van der Waals surface area contributed by atoms with Crippen molar-refractivity contribution < 1.29 is 74.4 Å². The van der Waals surface area contributed by atoms with Crippen molar-refractivity contribution in [3.63, 3.8) is 0 Å². The van der Waals surface area contributed by atoms with Gasteiger partial charge >= 0.3 is 0 Å². The van der Waals surface area contributed by atoms with E-state index in [2.05, 4.69) is 54.5 Å². The lowest BCUT2D eigenvalue weighted by Gasteiger charge is -2.72. The van der Waals surface area contributed by atoms with Crippen molar-refractivity contribution in [3.8, 4) is 0 Å². The summed E-state index contributed by atoms with van der Waals surface area (Å²) < 4.78 is 36.7. The van der Waals surface area contributed by atoms with E-state index < -0.39 is 104 Å². The van der Waals surface area contributed by atoms with E-state index in [1.807, 2.05) is 0 Å². The smallest absolute Gasteiger partial charge is 0.187 e. The lowest BCUT2D eigenvalue weighted by Crippen LogP contribution is -2.67. The van der Waals surface area contributed by atoms with E-state index >= 15 is 0 Å². The van der Waals surface area contributed by atoms with E-state index in [4.69, 9.17) is 28.4 Å². The van der Waals surface area contributed by atoms with Gasteiger partial charge in [0.05, 0.1) is 44.2 Å². The molecule has 362 valence electrons. The summed E-state index contributed by atoms with van der Waals surface area (Å²) in [5.74, 6) is 0.371. The van der Waals surface area contributed by atoms with Crippen LogP contribution in [0.1, 0.15) is 120 Å². The number of allylic oxidation sites excluding steroid dienone is 2. The molecular formula is C48H80O15. The highest BCUT2D eigenvalue weighted by molar-refractivity contribution is 5.35. The summed E-state index contributed by atoms with van der Waals surface area (Å²) in [5, 5.41) is 98.5. The van der Waals surface area contributed by atoms with Gasteiger partial charge in [0.1, 0.15) is 48.8 Å². The third-order valence-corrected chi connectivity index (χ3v) is 19.3. The zero-order valence-corrected chi connectivity index (χ0v) is 39.0. The second kappa shape index (κ2) is 17.0. The van der Waals surface area contributed by atoms with E-state index in [1.165, 1.54) is 5.57 Å². The number of hydrogen-bond acceptors (Lipinski definition) is 15. The monoisotopic (exact) mass is 897 g/mol. The van der Waals surface area contributed by atoms with Gasteiger partial charge in [-0.2, -0.15) is 0 Å². The zero-order chi connectivity index (χ0) is 46.0. The van der Waals surface area contributed by atoms with Crippen molar-refractivity contribution in [1.82, 2.24) is 0 Å². The molecule has 23 atom stereocenters. The third-order valence-electron chi connectivity index (χ3n) is 19.3. The minimum atomic E-state index is -1.73. The van der Waals surface area contributed by atoms with Crippen LogP contribution in [0.25, 0.3) is 0 Å². The molecule has 3 heterocycles. The number of fused-ring (bicyclic) bond motifs is 7. The molecule has 63 heavy (non-hydrogen) atoms. The van der Waals surface area contributed by atoms with Crippen LogP contribution in [0, 0.1) is 56.2 Å². The summed E-state index contributed by atoms with van der Waals surface area (Å²) in [4.78, 5) is 0. The van der Waals surface area contributed by atoms with E-state index in [1.54, 1.807) is 13.8 Å². The first kappa shape index (κ1) is 48.6. The van der Waals surface area contributed by atoms with E-state index in [0.717, 1.165) is 51.4 Å². The first-order chi connectivity index (χ1) is 29.4. The highest BCUT2D eigenvalue weighted by Crippen LogP contribution is 2.76. The first-order valence-corrected chi connectivity index (χ1v) is 24.0. The molecule has 4 saturated carbocycles. The number of hydrogen-bond donors (Lipinski definition) is 9. The predicted molar refractivity (Wildman–Crippen MR) is 227 cm³/mol. The molecule has 0 aromatic heterocycles. The molecule has 3 aliphatic heterocycles. The number of aliphatic hydroxyl groups excluding tert-OH is 9. The number of aliphatic hydroxyl groups is 9. The lowest BCUT2D eigenvalue weighted by atomic mass is 9.33. The highest BCUT2D eigenvalue weighted by atomic mass is 16.8. The average molecular weight is 897 g/mol. The predicted octanol–water partition coefficient (Wildman–Crippen LogP) is 2.53. The molecule has 0 radical (unpaired) electrons. The SMILES string of the molecule is C[C@@H]1O[C@@H](O[C@H]2CC[C@]3(C)[C@H]4CC=C5[C@@H]6CC(C)(C)CC[C@]6(CO)[C@@H](O)C[C@@]5(C)[C@]4(C)CC[C@H]3C2(C)C)[C@H](O)[C@H](O)[C@H]1O[C@H]1OC[C@H](C)[C@H](O)[C@H]1O[C@H]1O[C@H](CO)[C@H](O)[C@H](O)[C@H]1O. The molecule has 0 unspecified atom stereocenters. The molecule has 15 nitrogen and oxygen atoms in total. The van der Waals surface area contributed by atoms with E-state index in [0.29, 0.717) is 12.3 Å². The quantitative estimate of drug-likeness (QED) is 0.126. The lowest BCUT2D eigenvalue weighted by molar-refractivity contribution is -0.378. The normalized spacial score (nSPS) is 55.4. The molecule has 8 aliphatic rings. The van der Waals surface area contributed by atoms with Crippen LogP contribution < -0.4 is 0 Å². The van der Waals surface area contributed by atoms with Crippen LogP contribution in [0.2, 0.25) is 0 Å². The molecule has 0 amide bonds. The van der Waals surface area contributed by atoms with Gasteiger partial charge in [-0.15, -0.1) is 0 Å². The van der Waals surface area contributed by atoms with Gasteiger partial charge in [0.15, 0.2) is 18.9 Å². The van der Waals surface area contributed by atoms with Gasteiger partial charge in [-0.3, -0.25) is 0 Å².